The van der Waals surface area contributed by atoms with Gasteiger partial charge in [-0.1, -0.05) is 0 Å². The zero-order chi connectivity index (χ0) is 9.42. The average molecular weight is 320 g/mol. The van der Waals surface area contributed by atoms with E-state index in [2.05, 4.69) is 35.2 Å². The molecule has 0 bridgehead atoms. The molecule has 1 heterocycles. The van der Waals surface area contributed by atoms with Crippen molar-refractivity contribution in [3.8, 4) is 0 Å². The normalized spacial score (nSPS) is 10.6. The Bertz CT molecular complexity index is 476. The first kappa shape index (κ1) is 9.48. The minimum atomic E-state index is 0.738. The first-order valence-electron chi connectivity index (χ1n) is 3.57. The Balaban J connectivity index is 2.84. The number of rotatable bonds is 1. The summed E-state index contributed by atoms with van der Waals surface area (Å²) in [6.07, 6.45) is 0.881. The highest BCUT2D eigenvalue weighted by atomic mass is 127. The molecule has 4 heteroatoms. The van der Waals surface area contributed by atoms with Gasteiger partial charge < -0.3 is 0 Å². The average Bonchev–Trinajstić information content (AvgIpc) is 2.46. The molecular formula is C9H5IOS2. The number of hydrogen-bond donors (Lipinski definition) is 1. The van der Waals surface area contributed by atoms with E-state index in [1.165, 1.54) is 4.70 Å². The Morgan fingerprint density at radius 2 is 2.23 bits per heavy atom. The Morgan fingerprint density at radius 3 is 2.92 bits per heavy atom. The third kappa shape index (κ3) is 1.62. The monoisotopic (exact) mass is 320 g/mol. The lowest BCUT2D eigenvalue weighted by Gasteiger charge is -1.97. The van der Waals surface area contributed by atoms with E-state index in [0.29, 0.717) is 0 Å². The second-order valence-corrected chi connectivity index (χ2v) is 5.16. The Kier molecular flexibility index (Phi) is 2.62. The molecule has 0 aliphatic rings. The molecule has 2 aromatic rings. The smallest absolute Gasteiger partial charge is 0.151 e. The van der Waals surface area contributed by atoms with Crippen LogP contribution >= 0.6 is 46.6 Å². The zero-order valence-corrected chi connectivity index (χ0v) is 10.3. The molecule has 0 saturated carbocycles. The highest BCUT2D eigenvalue weighted by Gasteiger charge is 2.05. The molecule has 0 radical (unpaired) electrons. The molecule has 0 spiro atoms. The molecule has 0 N–H and O–H groups in total. The van der Waals surface area contributed by atoms with Crippen molar-refractivity contribution in [3.05, 3.63) is 26.6 Å². The number of thiol groups is 1. The summed E-state index contributed by atoms with van der Waals surface area (Å²) < 4.78 is 2.18. The van der Waals surface area contributed by atoms with Crippen molar-refractivity contribution >= 4 is 62.9 Å². The number of benzene rings is 1. The van der Waals surface area contributed by atoms with Crippen LogP contribution in [-0.2, 0) is 0 Å². The highest BCUT2D eigenvalue weighted by molar-refractivity contribution is 14.1. The van der Waals surface area contributed by atoms with Crippen molar-refractivity contribution < 1.29 is 4.79 Å². The van der Waals surface area contributed by atoms with Gasteiger partial charge in [0.15, 0.2) is 6.29 Å². The van der Waals surface area contributed by atoms with Gasteiger partial charge in [-0.3, -0.25) is 4.79 Å². The van der Waals surface area contributed by atoms with E-state index in [0.717, 1.165) is 25.7 Å². The third-order valence-corrected chi connectivity index (χ3v) is 4.22. The van der Waals surface area contributed by atoms with Gasteiger partial charge in [-0.25, -0.2) is 0 Å². The van der Waals surface area contributed by atoms with Gasteiger partial charge in [-0.05, 0) is 34.7 Å². The second kappa shape index (κ2) is 3.59. The fourth-order valence-corrected chi connectivity index (χ4v) is 3.21. The standard InChI is InChI=1S/C9H5IOS2/c10-7-2-9-6(1-5(7)3-11)8(12)4-13-9/h1-4,12H. The SMILES string of the molecule is O=Cc1cc2c(S)csc2cc1I. The predicted molar refractivity (Wildman–Crippen MR) is 67.2 cm³/mol. The summed E-state index contributed by atoms with van der Waals surface area (Å²) in [4.78, 5) is 11.6. The van der Waals surface area contributed by atoms with Crippen LogP contribution in [0.5, 0.6) is 0 Å². The molecule has 2 rings (SSSR count). The third-order valence-electron chi connectivity index (χ3n) is 1.80. The van der Waals surface area contributed by atoms with Crippen LogP contribution in [0, 0.1) is 3.57 Å². The Morgan fingerprint density at radius 1 is 1.46 bits per heavy atom. The van der Waals surface area contributed by atoms with Crippen LogP contribution in [0.1, 0.15) is 10.4 Å². The quantitative estimate of drug-likeness (QED) is 0.483. The van der Waals surface area contributed by atoms with Crippen LogP contribution in [0.3, 0.4) is 0 Å². The first-order valence-corrected chi connectivity index (χ1v) is 5.98. The zero-order valence-electron chi connectivity index (χ0n) is 6.45. The lowest BCUT2D eigenvalue weighted by atomic mass is 10.2. The fraction of sp³-hybridized carbons (Fsp3) is 0. The molecule has 0 aliphatic heterocycles. The van der Waals surface area contributed by atoms with Crippen molar-refractivity contribution in [2.45, 2.75) is 4.90 Å². The van der Waals surface area contributed by atoms with Crippen molar-refractivity contribution in [2.24, 2.45) is 0 Å². The molecule has 0 amide bonds. The largest absolute Gasteiger partial charge is 0.298 e. The van der Waals surface area contributed by atoms with E-state index in [1.54, 1.807) is 11.3 Å². The summed E-state index contributed by atoms with van der Waals surface area (Å²) in [7, 11) is 0. The number of carbonyl (C=O) groups is 1. The molecule has 0 unspecified atom stereocenters. The number of halogens is 1. The molecule has 0 atom stereocenters. The number of fused-ring (bicyclic) bond motifs is 1. The summed E-state index contributed by atoms with van der Waals surface area (Å²) >= 11 is 8.13. The van der Waals surface area contributed by atoms with E-state index < -0.39 is 0 Å². The summed E-state index contributed by atoms with van der Waals surface area (Å²) in [6.45, 7) is 0. The first-order chi connectivity index (χ1) is 6.22. The van der Waals surface area contributed by atoms with Crippen molar-refractivity contribution in [3.63, 3.8) is 0 Å². The number of hydrogen-bond acceptors (Lipinski definition) is 3. The van der Waals surface area contributed by atoms with Crippen LogP contribution in [-0.4, -0.2) is 6.29 Å². The molecule has 1 nitrogen and oxygen atoms in total. The molecule has 13 heavy (non-hydrogen) atoms. The topological polar surface area (TPSA) is 17.1 Å². The molecule has 0 fully saturated rings. The van der Waals surface area contributed by atoms with Gasteiger partial charge in [0, 0.05) is 29.5 Å². The second-order valence-electron chi connectivity index (χ2n) is 2.61. The number of aldehydes is 1. The van der Waals surface area contributed by atoms with Gasteiger partial charge >= 0.3 is 0 Å². The summed E-state index contributed by atoms with van der Waals surface area (Å²) in [5, 5.41) is 3.05. The van der Waals surface area contributed by atoms with E-state index >= 15 is 0 Å². The number of thiophene rings is 1. The van der Waals surface area contributed by atoms with Crippen LogP contribution in [0.2, 0.25) is 0 Å². The van der Waals surface area contributed by atoms with Gasteiger partial charge in [0.2, 0.25) is 0 Å². The maximum atomic E-state index is 10.7. The molecule has 1 aromatic heterocycles. The van der Waals surface area contributed by atoms with Gasteiger partial charge in [0.25, 0.3) is 0 Å². The minimum Gasteiger partial charge on any atom is -0.298 e. The maximum absolute atomic E-state index is 10.7. The molecular weight excluding hydrogens is 315 g/mol. The van der Waals surface area contributed by atoms with E-state index in [-0.39, 0.29) is 0 Å². The van der Waals surface area contributed by atoms with Gasteiger partial charge in [0.05, 0.1) is 0 Å². The van der Waals surface area contributed by atoms with Crippen molar-refractivity contribution in [1.82, 2.24) is 0 Å². The maximum Gasteiger partial charge on any atom is 0.151 e. The van der Waals surface area contributed by atoms with Crippen molar-refractivity contribution in [2.75, 3.05) is 0 Å². The lowest BCUT2D eigenvalue weighted by Crippen LogP contribution is -1.84. The van der Waals surface area contributed by atoms with E-state index in [1.807, 2.05) is 17.5 Å². The van der Waals surface area contributed by atoms with E-state index in [9.17, 15) is 4.79 Å². The van der Waals surface area contributed by atoms with E-state index in [4.69, 9.17) is 0 Å². The lowest BCUT2D eigenvalue weighted by molar-refractivity contribution is 0.112. The van der Waals surface area contributed by atoms with Gasteiger partial charge in [-0.2, -0.15) is 0 Å². The molecule has 0 aliphatic carbocycles. The summed E-state index contributed by atoms with van der Waals surface area (Å²) in [6, 6.07) is 3.91. The molecule has 1 aromatic carbocycles. The van der Waals surface area contributed by atoms with Crippen molar-refractivity contribution in [1.29, 1.82) is 0 Å². The van der Waals surface area contributed by atoms with Crippen LogP contribution in [0.15, 0.2) is 22.4 Å². The van der Waals surface area contributed by atoms with Crippen LogP contribution in [0.25, 0.3) is 10.1 Å². The highest BCUT2D eigenvalue weighted by Crippen LogP contribution is 2.31. The van der Waals surface area contributed by atoms with Crippen LogP contribution in [0.4, 0.5) is 0 Å². The van der Waals surface area contributed by atoms with Gasteiger partial charge in [0.1, 0.15) is 0 Å². The summed E-state index contributed by atoms with van der Waals surface area (Å²) in [5.74, 6) is 0. The van der Waals surface area contributed by atoms with Crippen LogP contribution < -0.4 is 0 Å². The number of carbonyl (C=O) groups excluding carboxylic acids is 1. The van der Waals surface area contributed by atoms with Gasteiger partial charge in [-0.15, -0.1) is 24.0 Å². The Hall–Kier alpha value is -0.0700. The molecule has 66 valence electrons. The Labute approximate surface area is 98.7 Å². The molecule has 0 saturated heterocycles. The predicted octanol–water partition coefficient (Wildman–Crippen LogP) is 3.61. The summed E-state index contributed by atoms with van der Waals surface area (Å²) in [5.41, 5.74) is 0.738. The fourth-order valence-electron chi connectivity index (χ4n) is 1.14. The minimum absolute atomic E-state index is 0.738.